The smallest absolute Gasteiger partial charge is 0.159 e. The Hall–Kier alpha value is -1.39. The van der Waals surface area contributed by atoms with Gasteiger partial charge in [-0.1, -0.05) is 49.2 Å². The summed E-state index contributed by atoms with van der Waals surface area (Å²) in [5, 5.41) is 22.9. The lowest BCUT2D eigenvalue weighted by Gasteiger charge is -2.16. The fourth-order valence-electron chi connectivity index (χ4n) is 2.38. The number of fused-ring (bicyclic) bond motifs is 1. The molecule has 0 bridgehead atoms. The largest absolute Gasteiger partial charge is 0.396 e. The highest BCUT2D eigenvalue weighted by Crippen LogP contribution is 2.26. The maximum atomic E-state index is 9.10. The molecule has 0 saturated heterocycles. The number of hydrogen-bond acceptors (Lipinski definition) is 4. The number of anilines is 1. The van der Waals surface area contributed by atoms with Crippen LogP contribution < -0.4 is 5.32 Å². The van der Waals surface area contributed by atoms with Crippen LogP contribution in [-0.2, 0) is 0 Å². The number of rotatable bonds is 7. The average Bonchev–Trinajstić information content (AvgIpc) is 2.47. The Balaban J connectivity index is 2.15. The molecule has 1 aromatic heterocycles. The molecule has 0 aliphatic heterocycles. The Bertz CT molecular complexity index is 556. The first kappa shape index (κ1) is 15.0. The molecule has 1 heterocycles. The maximum absolute atomic E-state index is 9.10. The Morgan fingerprint density at radius 2 is 1.95 bits per heavy atom. The molecule has 5 heteroatoms. The fourth-order valence-corrected chi connectivity index (χ4v) is 2.58. The van der Waals surface area contributed by atoms with Gasteiger partial charge in [0.2, 0.25) is 0 Å². The van der Waals surface area contributed by atoms with Crippen LogP contribution in [0.1, 0.15) is 26.2 Å². The molecule has 20 heavy (non-hydrogen) atoms. The van der Waals surface area contributed by atoms with Crippen molar-refractivity contribution in [2.24, 2.45) is 5.92 Å². The van der Waals surface area contributed by atoms with Gasteiger partial charge in [0.05, 0.1) is 0 Å². The van der Waals surface area contributed by atoms with E-state index in [2.05, 4.69) is 22.4 Å². The van der Waals surface area contributed by atoms with Gasteiger partial charge in [-0.25, -0.2) is 0 Å². The summed E-state index contributed by atoms with van der Waals surface area (Å²) in [5.74, 6) is 1.20. The van der Waals surface area contributed by atoms with Crippen LogP contribution in [0.2, 0.25) is 5.15 Å². The number of nitrogens with one attached hydrogen (secondary N) is 1. The standard InChI is InChI=1S/C15H20ClN3O/c1-2-5-11(8-9-20)10-17-15-13-7-4-3-6-12(13)14(16)18-19-15/h3-4,6-7,11,20H,2,5,8-10H2,1H3,(H,17,19). The monoisotopic (exact) mass is 293 g/mol. The molecule has 1 atom stereocenters. The van der Waals surface area contributed by atoms with E-state index in [4.69, 9.17) is 16.7 Å². The zero-order chi connectivity index (χ0) is 14.4. The number of halogens is 1. The third kappa shape index (κ3) is 3.58. The summed E-state index contributed by atoms with van der Waals surface area (Å²) in [5.41, 5.74) is 0. The first-order valence-electron chi connectivity index (χ1n) is 7.02. The minimum Gasteiger partial charge on any atom is -0.396 e. The molecule has 0 spiro atoms. The number of aliphatic hydroxyl groups excluding tert-OH is 1. The molecule has 2 rings (SSSR count). The molecular weight excluding hydrogens is 274 g/mol. The topological polar surface area (TPSA) is 58.0 Å². The summed E-state index contributed by atoms with van der Waals surface area (Å²) in [4.78, 5) is 0. The van der Waals surface area contributed by atoms with Crippen LogP contribution in [0.5, 0.6) is 0 Å². The fraction of sp³-hybridized carbons (Fsp3) is 0.467. The van der Waals surface area contributed by atoms with Crippen LogP contribution in [0.3, 0.4) is 0 Å². The summed E-state index contributed by atoms with van der Waals surface area (Å²) in [6, 6.07) is 7.82. The molecule has 108 valence electrons. The van der Waals surface area contributed by atoms with Gasteiger partial charge in [0.25, 0.3) is 0 Å². The second-order valence-corrected chi connectivity index (χ2v) is 5.29. The number of aliphatic hydroxyl groups is 1. The predicted octanol–water partition coefficient (Wildman–Crippen LogP) is 3.49. The molecule has 1 unspecified atom stereocenters. The Morgan fingerprint density at radius 1 is 1.20 bits per heavy atom. The molecule has 0 aliphatic rings. The highest BCUT2D eigenvalue weighted by molar-refractivity contribution is 6.34. The van der Waals surface area contributed by atoms with Gasteiger partial charge in [-0.05, 0) is 18.8 Å². The second-order valence-electron chi connectivity index (χ2n) is 4.93. The van der Waals surface area contributed by atoms with Crippen LogP contribution in [-0.4, -0.2) is 28.5 Å². The summed E-state index contributed by atoms with van der Waals surface area (Å²) in [6.07, 6.45) is 3.01. The van der Waals surface area contributed by atoms with Crippen molar-refractivity contribution >= 4 is 28.2 Å². The van der Waals surface area contributed by atoms with Crippen molar-refractivity contribution in [3.8, 4) is 0 Å². The molecule has 0 amide bonds. The van der Waals surface area contributed by atoms with Crippen molar-refractivity contribution in [1.82, 2.24) is 10.2 Å². The number of hydrogen-bond donors (Lipinski definition) is 2. The SMILES string of the molecule is CCCC(CCO)CNc1nnc(Cl)c2ccccc12. The highest BCUT2D eigenvalue weighted by atomic mass is 35.5. The van der Waals surface area contributed by atoms with Crippen molar-refractivity contribution in [3.05, 3.63) is 29.4 Å². The quantitative estimate of drug-likeness (QED) is 0.820. The van der Waals surface area contributed by atoms with Crippen molar-refractivity contribution in [1.29, 1.82) is 0 Å². The van der Waals surface area contributed by atoms with Crippen LogP contribution >= 0.6 is 11.6 Å². The molecule has 0 aliphatic carbocycles. The molecule has 0 saturated carbocycles. The lowest BCUT2D eigenvalue weighted by atomic mass is 10.0. The lowest BCUT2D eigenvalue weighted by Crippen LogP contribution is -2.16. The van der Waals surface area contributed by atoms with E-state index < -0.39 is 0 Å². The zero-order valence-corrected chi connectivity index (χ0v) is 12.4. The van der Waals surface area contributed by atoms with Crippen molar-refractivity contribution in [2.45, 2.75) is 26.2 Å². The summed E-state index contributed by atoms with van der Waals surface area (Å²) in [6.45, 7) is 3.16. The van der Waals surface area contributed by atoms with Crippen molar-refractivity contribution in [2.75, 3.05) is 18.5 Å². The van der Waals surface area contributed by atoms with Gasteiger partial charge in [0.1, 0.15) is 0 Å². The molecule has 2 N–H and O–H groups in total. The van der Waals surface area contributed by atoms with E-state index in [1.807, 2.05) is 24.3 Å². The van der Waals surface area contributed by atoms with E-state index in [0.29, 0.717) is 11.1 Å². The Labute approximate surface area is 124 Å². The predicted molar refractivity (Wildman–Crippen MR) is 83.1 cm³/mol. The van der Waals surface area contributed by atoms with E-state index in [1.54, 1.807) is 0 Å². The van der Waals surface area contributed by atoms with Gasteiger partial charge in [-0.2, -0.15) is 0 Å². The number of benzene rings is 1. The van der Waals surface area contributed by atoms with Crippen LogP contribution in [0.15, 0.2) is 24.3 Å². The molecular formula is C15H20ClN3O. The summed E-state index contributed by atoms with van der Waals surface area (Å²) >= 11 is 6.06. The highest BCUT2D eigenvalue weighted by Gasteiger charge is 2.10. The van der Waals surface area contributed by atoms with Crippen LogP contribution in [0.4, 0.5) is 5.82 Å². The van der Waals surface area contributed by atoms with Crippen LogP contribution in [0, 0.1) is 5.92 Å². The number of nitrogens with zero attached hydrogens (tertiary/aromatic N) is 2. The van der Waals surface area contributed by atoms with Gasteiger partial charge in [0, 0.05) is 23.9 Å². The van der Waals surface area contributed by atoms with E-state index in [1.165, 1.54) is 0 Å². The minimum atomic E-state index is 0.222. The number of aromatic nitrogens is 2. The van der Waals surface area contributed by atoms with E-state index in [-0.39, 0.29) is 6.61 Å². The summed E-state index contributed by atoms with van der Waals surface area (Å²) < 4.78 is 0. The molecule has 4 nitrogen and oxygen atoms in total. The van der Waals surface area contributed by atoms with Crippen LogP contribution in [0.25, 0.3) is 10.8 Å². The van der Waals surface area contributed by atoms with E-state index in [9.17, 15) is 0 Å². The van der Waals surface area contributed by atoms with E-state index in [0.717, 1.165) is 42.4 Å². The molecule has 1 aromatic carbocycles. The van der Waals surface area contributed by atoms with Gasteiger partial charge in [-0.15, -0.1) is 10.2 Å². The van der Waals surface area contributed by atoms with Crippen molar-refractivity contribution in [3.63, 3.8) is 0 Å². The van der Waals surface area contributed by atoms with Gasteiger partial charge < -0.3 is 10.4 Å². The molecule has 2 aromatic rings. The molecule has 0 fully saturated rings. The zero-order valence-electron chi connectivity index (χ0n) is 11.6. The average molecular weight is 294 g/mol. The van der Waals surface area contributed by atoms with Gasteiger partial charge in [0.15, 0.2) is 11.0 Å². The first-order chi connectivity index (χ1) is 9.76. The normalized spacial score (nSPS) is 12.6. The second kappa shape index (κ2) is 7.41. The first-order valence-corrected chi connectivity index (χ1v) is 7.39. The van der Waals surface area contributed by atoms with Crippen molar-refractivity contribution < 1.29 is 5.11 Å². The third-order valence-corrected chi connectivity index (χ3v) is 3.71. The minimum absolute atomic E-state index is 0.222. The lowest BCUT2D eigenvalue weighted by molar-refractivity contribution is 0.255. The van der Waals surface area contributed by atoms with Gasteiger partial charge in [-0.3, -0.25) is 0 Å². The molecule has 0 radical (unpaired) electrons. The van der Waals surface area contributed by atoms with E-state index >= 15 is 0 Å². The Kier molecular flexibility index (Phi) is 5.56. The third-order valence-electron chi connectivity index (χ3n) is 3.43. The Morgan fingerprint density at radius 3 is 2.65 bits per heavy atom. The maximum Gasteiger partial charge on any atom is 0.159 e. The summed E-state index contributed by atoms with van der Waals surface area (Å²) in [7, 11) is 0. The van der Waals surface area contributed by atoms with Gasteiger partial charge >= 0.3 is 0 Å².